The van der Waals surface area contributed by atoms with E-state index in [9.17, 15) is 9.90 Å². The molecule has 190 valence electrons. The summed E-state index contributed by atoms with van der Waals surface area (Å²) in [6.07, 6.45) is 9.00. The van der Waals surface area contributed by atoms with Crippen molar-refractivity contribution in [2.45, 2.75) is 64.5 Å². The number of pyridine rings is 2. The molecule has 1 saturated heterocycles. The number of aryl methyl sites for hydroxylation is 1. The predicted octanol–water partition coefficient (Wildman–Crippen LogP) is 4.32. The van der Waals surface area contributed by atoms with Crippen LogP contribution in [0.1, 0.15) is 62.6 Å². The number of aliphatic hydroxyl groups is 1. The molecule has 2 aliphatic rings. The second kappa shape index (κ2) is 10.3. The number of anilines is 3. The fourth-order valence-corrected chi connectivity index (χ4v) is 5.35. The van der Waals surface area contributed by atoms with E-state index in [4.69, 9.17) is 9.72 Å². The topological polar surface area (TPSA) is 105 Å². The van der Waals surface area contributed by atoms with Crippen molar-refractivity contribution in [3.05, 3.63) is 52.6 Å². The van der Waals surface area contributed by atoms with Gasteiger partial charge in [0.25, 0.3) is 5.56 Å². The zero-order valence-corrected chi connectivity index (χ0v) is 21.0. The smallest absolute Gasteiger partial charge is 0.263 e. The van der Waals surface area contributed by atoms with Gasteiger partial charge in [0.2, 0.25) is 5.95 Å². The molecule has 0 radical (unpaired) electrons. The maximum Gasteiger partial charge on any atom is 0.263 e. The highest BCUT2D eigenvalue weighted by Gasteiger charge is 2.26. The molecule has 0 aromatic carbocycles. The summed E-state index contributed by atoms with van der Waals surface area (Å²) in [5, 5.41) is 13.8. The first-order valence-corrected chi connectivity index (χ1v) is 12.9. The Balaban J connectivity index is 1.48. The fourth-order valence-electron chi connectivity index (χ4n) is 5.35. The lowest BCUT2D eigenvalue weighted by Crippen LogP contribution is -2.35. The molecule has 2 fully saturated rings. The monoisotopic (exact) mass is 490 g/mol. The maximum atomic E-state index is 13.7. The number of nitrogens with zero attached hydrogens (tertiary/aromatic N) is 5. The van der Waals surface area contributed by atoms with Gasteiger partial charge in [0.1, 0.15) is 17.2 Å². The Morgan fingerprint density at radius 3 is 2.58 bits per heavy atom. The number of fused-ring (bicyclic) bond motifs is 1. The molecule has 0 bridgehead atoms. The van der Waals surface area contributed by atoms with E-state index in [0.29, 0.717) is 35.3 Å². The van der Waals surface area contributed by atoms with Crippen molar-refractivity contribution in [1.82, 2.24) is 19.5 Å². The number of rotatable bonds is 7. The van der Waals surface area contributed by atoms with Crippen LogP contribution in [0, 0.1) is 6.92 Å². The number of aromatic nitrogens is 4. The number of hydrogen-bond acceptors (Lipinski definition) is 8. The van der Waals surface area contributed by atoms with E-state index in [1.807, 2.05) is 36.7 Å². The lowest BCUT2D eigenvalue weighted by molar-refractivity contribution is 0.145. The maximum absolute atomic E-state index is 13.7. The standard InChI is InChI=1S/C27H34N6O3/c1-4-36-18(3)24-17(2)22-16-29-27(31-25(22)33(26(24)35)19-7-5-6-8-19)30-23-10-9-20(15-28-23)32-13-11-21(34)12-14-32/h9-10,15-16,19,21,34H,3-8,11-14H2,1-2H3,(H,28,29,30,31). The lowest BCUT2D eigenvalue weighted by atomic mass is 10.0. The molecule has 4 heterocycles. The van der Waals surface area contributed by atoms with Gasteiger partial charge in [-0.1, -0.05) is 19.4 Å². The molecule has 3 aromatic rings. The van der Waals surface area contributed by atoms with Crippen LogP contribution in [0.3, 0.4) is 0 Å². The van der Waals surface area contributed by atoms with Crippen LogP contribution in [0.5, 0.6) is 0 Å². The second-order valence-electron chi connectivity index (χ2n) is 9.65. The third kappa shape index (κ3) is 4.67. The van der Waals surface area contributed by atoms with Crippen molar-refractivity contribution in [3.8, 4) is 0 Å². The van der Waals surface area contributed by atoms with Gasteiger partial charge in [0, 0.05) is 30.7 Å². The average Bonchev–Trinajstić information content (AvgIpc) is 3.40. The zero-order valence-electron chi connectivity index (χ0n) is 21.0. The van der Waals surface area contributed by atoms with Crippen LogP contribution < -0.4 is 15.8 Å². The fraction of sp³-hybridized carbons (Fsp3) is 0.481. The minimum atomic E-state index is -0.209. The quantitative estimate of drug-likeness (QED) is 0.472. The summed E-state index contributed by atoms with van der Waals surface area (Å²) in [7, 11) is 0. The Labute approximate surface area is 210 Å². The molecule has 9 heteroatoms. The summed E-state index contributed by atoms with van der Waals surface area (Å²) < 4.78 is 7.45. The average molecular weight is 491 g/mol. The SMILES string of the molecule is C=C(OCC)c1c(C)c2cnc(Nc3ccc(N4CCC(O)CC4)cn3)nc2n(C2CCCC2)c1=O. The molecular weight excluding hydrogens is 456 g/mol. The van der Waals surface area contributed by atoms with E-state index in [1.165, 1.54) is 0 Å². The highest BCUT2D eigenvalue weighted by molar-refractivity contribution is 5.84. The van der Waals surface area contributed by atoms with Gasteiger partial charge in [-0.25, -0.2) is 9.97 Å². The van der Waals surface area contributed by atoms with Crippen LogP contribution in [0.15, 0.2) is 35.9 Å². The molecule has 1 aliphatic carbocycles. The van der Waals surface area contributed by atoms with E-state index in [0.717, 1.165) is 68.3 Å². The van der Waals surface area contributed by atoms with Gasteiger partial charge >= 0.3 is 0 Å². The molecule has 1 saturated carbocycles. The van der Waals surface area contributed by atoms with Crippen LogP contribution >= 0.6 is 0 Å². The van der Waals surface area contributed by atoms with E-state index < -0.39 is 0 Å². The number of ether oxygens (including phenoxy) is 1. The van der Waals surface area contributed by atoms with Crippen molar-refractivity contribution in [2.75, 3.05) is 29.9 Å². The molecule has 5 rings (SSSR count). The Hall–Kier alpha value is -3.46. The first-order chi connectivity index (χ1) is 17.5. The van der Waals surface area contributed by atoms with E-state index in [1.54, 1.807) is 6.20 Å². The molecule has 0 atom stereocenters. The number of piperidine rings is 1. The van der Waals surface area contributed by atoms with Gasteiger partial charge < -0.3 is 20.1 Å². The summed E-state index contributed by atoms with van der Waals surface area (Å²) in [5.41, 5.74) is 2.83. The van der Waals surface area contributed by atoms with Crippen LogP contribution in [0.25, 0.3) is 16.8 Å². The molecule has 36 heavy (non-hydrogen) atoms. The van der Waals surface area contributed by atoms with Crippen molar-refractivity contribution in [2.24, 2.45) is 0 Å². The largest absolute Gasteiger partial charge is 0.494 e. The van der Waals surface area contributed by atoms with Crippen LogP contribution in [0.2, 0.25) is 0 Å². The predicted molar refractivity (Wildman–Crippen MR) is 142 cm³/mol. The van der Waals surface area contributed by atoms with Crippen molar-refractivity contribution in [1.29, 1.82) is 0 Å². The third-order valence-corrected chi connectivity index (χ3v) is 7.31. The van der Waals surface area contributed by atoms with Crippen LogP contribution in [0.4, 0.5) is 17.5 Å². The Morgan fingerprint density at radius 2 is 1.92 bits per heavy atom. The minimum Gasteiger partial charge on any atom is -0.494 e. The minimum absolute atomic E-state index is 0.0944. The van der Waals surface area contributed by atoms with Gasteiger partial charge in [-0.15, -0.1) is 0 Å². The van der Waals surface area contributed by atoms with Crippen molar-refractivity contribution >= 4 is 34.2 Å². The van der Waals surface area contributed by atoms with Gasteiger partial charge in [-0.2, -0.15) is 4.98 Å². The molecule has 3 aromatic heterocycles. The van der Waals surface area contributed by atoms with E-state index in [2.05, 4.69) is 26.8 Å². The molecule has 1 aliphatic heterocycles. The van der Waals surface area contributed by atoms with Crippen molar-refractivity contribution < 1.29 is 9.84 Å². The highest BCUT2D eigenvalue weighted by atomic mass is 16.5. The summed E-state index contributed by atoms with van der Waals surface area (Å²) in [6, 6.07) is 4.01. The number of nitrogens with one attached hydrogen (secondary N) is 1. The first kappa shape index (κ1) is 24.2. The summed E-state index contributed by atoms with van der Waals surface area (Å²) in [4.78, 5) is 29.8. The third-order valence-electron chi connectivity index (χ3n) is 7.31. The normalized spacial score (nSPS) is 17.0. The van der Waals surface area contributed by atoms with Gasteiger partial charge in [0.05, 0.1) is 30.2 Å². The summed E-state index contributed by atoms with van der Waals surface area (Å²) >= 11 is 0. The number of hydrogen-bond donors (Lipinski definition) is 2. The Bertz CT molecular complexity index is 1310. The van der Waals surface area contributed by atoms with Crippen LogP contribution in [-0.2, 0) is 4.74 Å². The van der Waals surface area contributed by atoms with Crippen LogP contribution in [-0.4, -0.2) is 50.4 Å². The molecule has 9 nitrogen and oxygen atoms in total. The Kier molecular flexibility index (Phi) is 6.91. The van der Waals surface area contributed by atoms with Crippen molar-refractivity contribution in [3.63, 3.8) is 0 Å². The van der Waals surface area contributed by atoms with Gasteiger partial charge in [-0.05, 0) is 57.2 Å². The molecule has 2 N–H and O–H groups in total. The van der Waals surface area contributed by atoms with Gasteiger partial charge in [0.15, 0.2) is 0 Å². The molecule has 0 unspecified atom stereocenters. The van der Waals surface area contributed by atoms with E-state index >= 15 is 0 Å². The second-order valence-corrected chi connectivity index (χ2v) is 9.65. The van der Waals surface area contributed by atoms with E-state index in [-0.39, 0.29) is 17.7 Å². The molecular formula is C27H34N6O3. The highest BCUT2D eigenvalue weighted by Crippen LogP contribution is 2.33. The summed E-state index contributed by atoms with van der Waals surface area (Å²) in [5.74, 6) is 1.41. The summed E-state index contributed by atoms with van der Waals surface area (Å²) in [6.45, 7) is 9.89. The first-order valence-electron chi connectivity index (χ1n) is 12.9. The molecule has 0 spiro atoms. The number of aliphatic hydroxyl groups excluding tert-OH is 1. The Morgan fingerprint density at radius 1 is 1.17 bits per heavy atom. The molecule has 0 amide bonds. The van der Waals surface area contributed by atoms with Gasteiger partial charge in [-0.3, -0.25) is 9.36 Å². The zero-order chi connectivity index (χ0) is 25.2. The lowest BCUT2D eigenvalue weighted by Gasteiger charge is -2.31.